The van der Waals surface area contributed by atoms with Gasteiger partial charge < -0.3 is 5.73 Å². The minimum Gasteiger partial charge on any atom is -0.326 e. The van der Waals surface area contributed by atoms with Crippen LogP contribution < -0.4 is 5.73 Å². The van der Waals surface area contributed by atoms with Crippen molar-refractivity contribution in [3.8, 4) is 0 Å². The third-order valence-electron chi connectivity index (χ3n) is 4.37. The Bertz CT molecular complexity index is 390. The highest BCUT2D eigenvalue weighted by molar-refractivity contribution is 5.31. The SMILES string of the molecule is Cc1cc(CN)ccc1CN1[C@H](C)CCC[C@@H]1C. The van der Waals surface area contributed by atoms with E-state index in [0.717, 1.165) is 6.54 Å². The molecule has 0 aliphatic carbocycles. The summed E-state index contributed by atoms with van der Waals surface area (Å²) in [4.78, 5) is 2.65. The fourth-order valence-electron chi connectivity index (χ4n) is 3.05. The summed E-state index contributed by atoms with van der Waals surface area (Å²) in [5.74, 6) is 0. The lowest BCUT2D eigenvalue weighted by Gasteiger charge is -2.39. The number of piperidine rings is 1. The molecule has 2 rings (SSSR count). The molecule has 0 amide bonds. The fourth-order valence-corrected chi connectivity index (χ4v) is 3.05. The second-order valence-electron chi connectivity index (χ2n) is 5.77. The summed E-state index contributed by atoms with van der Waals surface area (Å²) in [6.07, 6.45) is 4.05. The lowest BCUT2D eigenvalue weighted by molar-refractivity contribution is 0.0951. The third-order valence-corrected chi connectivity index (χ3v) is 4.37. The molecule has 100 valence electrons. The van der Waals surface area contributed by atoms with Crippen LogP contribution in [0.2, 0.25) is 0 Å². The van der Waals surface area contributed by atoms with Gasteiger partial charge in [-0.2, -0.15) is 0 Å². The van der Waals surface area contributed by atoms with Gasteiger partial charge in [0, 0.05) is 25.2 Å². The normalized spacial score (nSPS) is 25.3. The van der Waals surface area contributed by atoms with Gasteiger partial charge in [-0.3, -0.25) is 4.90 Å². The minimum absolute atomic E-state index is 0.637. The van der Waals surface area contributed by atoms with Crippen molar-refractivity contribution in [2.24, 2.45) is 5.73 Å². The van der Waals surface area contributed by atoms with Gasteiger partial charge in [-0.05, 0) is 50.3 Å². The number of nitrogens with two attached hydrogens (primary N) is 1. The van der Waals surface area contributed by atoms with E-state index in [1.165, 1.54) is 36.0 Å². The number of hydrogen-bond acceptors (Lipinski definition) is 2. The Balaban J connectivity index is 2.12. The molecule has 0 aromatic heterocycles. The van der Waals surface area contributed by atoms with Gasteiger partial charge in [-0.25, -0.2) is 0 Å². The molecule has 18 heavy (non-hydrogen) atoms. The summed E-state index contributed by atoms with van der Waals surface area (Å²) in [5.41, 5.74) is 9.75. The molecule has 0 bridgehead atoms. The Labute approximate surface area is 111 Å². The Morgan fingerprint density at radius 3 is 2.44 bits per heavy atom. The minimum atomic E-state index is 0.637. The van der Waals surface area contributed by atoms with Crippen molar-refractivity contribution in [3.05, 3.63) is 34.9 Å². The maximum atomic E-state index is 5.69. The highest BCUT2D eigenvalue weighted by Crippen LogP contribution is 2.25. The van der Waals surface area contributed by atoms with Gasteiger partial charge in [0.05, 0.1) is 0 Å². The first-order valence-corrected chi connectivity index (χ1v) is 7.16. The topological polar surface area (TPSA) is 29.3 Å². The Kier molecular flexibility index (Phi) is 4.41. The zero-order chi connectivity index (χ0) is 13.1. The van der Waals surface area contributed by atoms with Crippen LogP contribution in [-0.4, -0.2) is 17.0 Å². The van der Waals surface area contributed by atoms with Gasteiger partial charge in [0.25, 0.3) is 0 Å². The average Bonchev–Trinajstić information content (AvgIpc) is 2.35. The predicted octanol–water partition coefficient (Wildman–Crippen LogP) is 3.22. The van der Waals surface area contributed by atoms with Crippen molar-refractivity contribution in [3.63, 3.8) is 0 Å². The summed E-state index contributed by atoms with van der Waals surface area (Å²) in [6, 6.07) is 8.08. The van der Waals surface area contributed by atoms with Crippen molar-refractivity contribution < 1.29 is 0 Å². The molecule has 1 aliphatic heterocycles. The molecule has 1 heterocycles. The van der Waals surface area contributed by atoms with Crippen LogP contribution in [0.25, 0.3) is 0 Å². The molecule has 2 nitrogen and oxygen atoms in total. The van der Waals surface area contributed by atoms with Crippen LogP contribution in [0.4, 0.5) is 0 Å². The average molecular weight is 246 g/mol. The van der Waals surface area contributed by atoms with Crippen LogP contribution in [-0.2, 0) is 13.1 Å². The van der Waals surface area contributed by atoms with Crippen molar-refractivity contribution in [1.82, 2.24) is 4.90 Å². The largest absolute Gasteiger partial charge is 0.326 e. The third kappa shape index (κ3) is 2.93. The molecule has 0 spiro atoms. The lowest BCUT2D eigenvalue weighted by Crippen LogP contribution is -2.43. The Morgan fingerprint density at radius 2 is 1.89 bits per heavy atom. The van der Waals surface area contributed by atoms with E-state index in [1.807, 2.05) is 0 Å². The van der Waals surface area contributed by atoms with Crippen molar-refractivity contribution >= 4 is 0 Å². The van der Waals surface area contributed by atoms with E-state index in [1.54, 1.807) is 0 Å². The van der Waals surface area contributed by atoms with Crippen LogP contribution in [0.3, 0.4) is 0 Å². The predicted molar refractivity (Wildman–Crippen MR) is 77.4 cm³/mol. The summed E-state index contributed by atoms with van der Waals surface area (Å²) in [7, 11) is 0. The molecule has 1 aromatic rings. The molecule has 2 N–H and O–H groups in total. The highest BCUT2D eigenvalue weighted by Gasteiger charge is 2.24. The first-order valence-electron chi connectivity index (χ1n) is 7.16. The van der Waals surface area contributed by atoms with E-state index in [2.05, 4.69) is 43.9 Å². The van der Waals surface area contributed by atoms with E-state index >= 15 is 0 Å². The molecule has 0 unspecified atom stereocenters. The molecule has 1 aliphatic rings. The molecule has 1 fully saturated rings. The number of benzene rings is 1. The monoisotopic (exact) mass is 246 g/mol. The number of aryl methyl sites for hydroxylation is 1. The second-order valence-corrected chi connectivity index (χ2v) is 5.77. The first kappa shape index (κ1) is 13.6. The maximum Gasteiger partial charge on any atom is 0.0242 e. The number of rotatable bonds is 3. The van der Waals surface area contributed by atoms with Gasteiger partial charge in [-0.1, -0.05) is 24.6 Å². The molecular formula is C16H26N2. The molecule has 1 aromatic carbocycles. The zero-order valence-corrected chi connectivity index (χ0v) is 11.9. The number of likely N-dealkylation sites (tertiary alicyclic amines) is 1. The van der Waals surface area contributed by atoms with Crippen LogP contribution in [0, 0.1) is 6.92 Å². The standard InChI is InChI=1S/C16H26N2/c1-12-9-15(10-17)7-8-16(12)11-18-13(2)5-4-6-14(18)3/h7-9,13-14H,4-6,10-11,17H2,1-3H3/t13-,14+. The highest BCUT2D eigenvalue weighted by atomic mass is 15.2. The second kappa shape index (κ2) is 5.85. The van der Waals surface area contributed by atoms with E-state index in [9.17, 15) is 0 Å². The van der Waals surface area contributed by atoms with Crippen LogP contribution in [0.5, 0.6) is 0 Å². The van der Waals surface area contributed by atoms with Crippen molar-refractivity contribution in [2.45, 2.75) is 65.2 Å². The van der Waals surface area contributed by atoms with E-state index in [4.69, 9.17) is 5.73 Å². The lowest BCUT2D eigenvalue weighted by atomic mass is 9.95. The van der Waals surface area contributed by atoms with E-state index in [0.29, 0.717) is 18.6 Å². The molecule has 2 heteroatoms. The summed E-state index contributed by atoms with van der Waals surface area (Å²) < 4.78 is 0. The van der Waals surface area contributed by atoms with Gasteiger partial charge in [0.1, 0.15) is 0 Å². The molecule has 0 radical (unpaired) electrons. The zero-order valence-electron chi connectivity index (χ0n) is 11.9. The van der Waals surface area contributed by atoms with Crippen molar-refractivity contribution in [2.75, 3.05) is 0 Å². The fraction of sp³-hybridized carbons (Fsp3) is 0.625. The van der Waals surface area contributed by atoms with Gasteiger partial charge in [0.2, 0.25) is 0 Å². The van der Waals surface area contributed by atoms with Crippen LogP contribution >= 0.6 is 0 Å². The molecular weight excluding hydrogens is 220 g/mol. The maximum absolute atomic E-state index is 5.69. The number of hydrogen-bond donors (Lipinski definition) is 1. The quantitative estimate of drug-likeness (QED) is 0.887. The molecule has 1 saturated heterocycles. The Hall–Kier alpha value is -0.860. The van der Waals surface area contributed by atoms with Crippen LogP contribution in [0.15, 0.2) is 18.2 Å². The molecule has 0 saturated carbocycles. The van der Waals surface area contributed by atoms with Gasteiger partial charge >= 0.3 is 0 Å². The van der Waals surface area contributed by atoms with Crippen molar-refractivity contribution in [1.29, 1.82) is 0 Å². The number of nitrogens with zero attached hydrogens (tertiary/aromatic N) is 1. The summed E-state index contributed by atoms with van der Waals surface area (Å²) in [5, 5.41) is 0. The summed E-state index contributed by atoms with van der Waals surface area (Å²) in [6.45, 7) is 8.64. The molecule has 2 atom stereocenters. The first-order chi connectivity index (χ1) is 8.61. The smallest absolute Gasteiger partial charge is 0.0242 e. The van der Waals surface area contributed by atoms with E-state index < -0.39 is 0 Å². The van der Waals surface area contributed by atoms with Gasteiger partial charge in [-0.15, -0.1) is 0 Å². The van der Waals surface area contributed by atoms with E-state index in [-0.39, 0.29) is 0 Å². The Morgan fingerprint density at radius 1 is 1.22 bits per heavy atom. The summed E-state index contributed by atoms with van der Waals surface area (Å²) >= 11 is 0. The van der Waals surface area contributed by atoms with Gasteiger partial charge in [0.15, 0.2) is 0 Å². The van der Waals surface area contributed by atoms with Crippen LogP contribution in [0.1, 0.15) is 49.8 Å².